The lowest BCUT2D eigenvalue weighted by Gasteiger charge is -2.24. The Hall–Kier alpha value is -4.96. The number of aromatic amines is 2. The fourth-order valence-electron chi connectivity index (χ4n) is 8.53. The van der Waals surface area contributed by atoms with Crippen LogP contribution in [0, 0.1) is 0 Å². The molecule has 2 aliphatic heterocycles. The average molecular weight is 685 g/mol. The van der Waals surface area contributed by atoms with Crippen LogP contribution in [0.25, 0.3) is 33.8 Å². The molecular weight excluding hydrogens is 648 g/mol. The van der Waals surface area contributed by atoms with Crippen molar-refractivity contribution in [1.29, 1.82) is 0 Å². The number of amides is 2. The third kappa shape index (κ3) is 4.71. The first-order valence-corrected chi connectivity index (χ1v) is 18.0. The Morgan fingerprint density at radius 2 is 1.26 bits per heavy atom. The summed E-state index contributed by atoms with van der Waals surface area (Å²) in [5.74, 6) is 1.11. The van der Waals surface area contributed by atoms with Crippen LogP contribution < -0.4 is 15.5 Å². The normalized spacial score (nSPS) is 19.0. The van der Waals surface area contributed by atoms with E-state index in [0.29, 0.717) is 5.15 Å². The maximum atomic E-state index is 12.8. The third-order valence-corrected chi connectivity index (χ3v) is 11.8. The number of rotatable bonds is 2. The van der Waals surface area contributed by atoms with Gasteiger partial charge in [-0.25, -0.2) is 9.97 Å². The summed E-state index contributed by atoms with van der Waals surface area (Å²) in [6, 6.07) is 8.12. The smallest absolute Gasteiger partial charge is 0.253 e. The molecule has 11 rings (SSSR count). The molecule has 10 nitrogen and oxygen atoms in total. The number of nitrogens with one attached hydrogen (secondary N) is 4. The van der Waals surface area contributed by atoms with E-state index in [9.17, 15) is 9.59 Å². The van der Waals surface area contributed by atoms with Crippen LogP contribution in [0.4, 0.5) is 5.82 Å². The zero-order chi connectivity index (χ0) is 33.9. The molecule has 6 aliphatic rings. The van der Waals surface area contributed by atoms with E-state index < -0.39 is 0 Å². The van der Waals surface area contributed by atoms with Crippen LogP contribution in [0.2, 0.25) is 5.15 Å². The first-order valence-electron chi connectivity index (χ1n) is 17.6. The minimum Gasteiger partial charge on any atom is -0.363 e. The molecule has 0 saturated heterocycles. The summed E-state index contributed by atoms with van der Waals surface area (Å²) in [7, 11) is 3.96. The molecule has 5 aromatic heterocycles. The molecule has 4 aliphatic carbocycles. The van der Waals surface area contributed by atoms with Gasteiger partial charge in [0.1, 0.15) is 11.0 Å². The van der Waals surface area contributed by atoms with E-state index >= 15 is 0 Å². The van der Waals surface area contributed by atoms with Gasteiger partial charge in [0.25, 0.3) is 11.8 Å². The Labute approximate surface area is 294 Å². The summed E-state index contributed by atoms with van der Waals surface area (Å²) in [6.07, 6.45) is 15.5. The SMILES string of the molecule is CN(C)c1ccc(-c2cc3c(cn2)CCc2c-3[nH]c3c2C(=O)NC2(CC2)C3)cn1.O=C1NC2(CC2)Cc2[nH]c3c(c21)CCc1cnc(Cl)cc1-3. The molecule has 2 amide bonds. The van der Waals surface area contributed by atoms with Crippen molar-refractivity contribution in [1.82, 2.24) is 35.6 Å². The Morgan fingerprint density at radius 1 is 0.700 bits per heavy atom. The molecule has 0 atom stereocenters. The molecule has 2 saturated carbocycles. The van der Waals surface area contributed by atoms with Crippen molar-refractivity contribution in [2.24, 2.45) is 0 Å². The number of hydrogen-bond acceptors (Lipinski definition) is 6. The lowest BCUT2D eigenvalue weighted by Crippen LogP contribution is -2.43. The second-order valence-corrected chi connectivity index (χ2v) is 15.6. The predicted molar refractivity (Wildman–Crippen MR) is 192 cm³/mol. The van der Waals surface area contributed by atoms with Crippen molar-refractivity contribution in [3.63, 3.8) is 0 Å². The first-order chi connectivity index (χ1) is 24.2. The number of fused-ring (bicyclic) bond motifs is 10. The minimum absolute atomic E-state index is 0.0175. The summed E-state index contributed by atoms with van der Waals surface area (Å²) in [5, 5.41) is 6.95. The van der Waals surface area contributed by atoms with Gasteiger partial charge in [-0.15, -0.1) is 0 Å². The van der Waals surface area contributed by atoms with Gasteiger partial charge < -0.3 is 25.5 Å². The van der Waals surface area contributed by atoms with Crippen LogP contribution in [0.15, 0.2) is 42.9 Å². The van der Waals surface area contributed by atoms with Gasteiger partial charge >= 0.3 is 0 Å². The van der Waals surface area contributed by atoms with Crippen molar-refractivity contribution in [3.8, 4) is 33.8 Å². The maximum absolute atomic E-state index is 12.8. The summed E-state index contributed by atoms with van der Waals surface area (Å²) < 4.78 is 0. The number of hydrogen-bond donors (Lipinski definition) is 4. The van der Waals surface area contributed by atoms with Crippen LogP contribution in [0.5, 0.6) is 0 Å². The van der Waals surface area contributed by atoms with Crippen LogP contribution in [0.3, 0.4) is 0 Å². The number of aryl methyl sites for hydroxylation is 2. The number of H-pyrrole nitrogens is 2. The monoisotopic (exact) mass is 684 g/mol. The van der Waals surface area contributed by atoms with Crippen molar-refractivity contribution in [3.05, 3.63) is 92.8 Å². The molecule has 7 heterocycles. The van der Waals surface area contributed by atoms with Gasteiger partial charge in [-0.2, -0.15) is 0 Å². The van der Waals surface area contributed by atoms with Crippen molar-refractivity contribution in [2.45, 2.75) is 75.3 Å². The molecule has 252 valence electrons. The quantitative estimate of drug-likeness (QED) is 0.175. The number of halogens is 1. The highest BCUT2D eigenvalue weighted by molar-refractivity contribution is 6.29. The molecule has 50 heavy (non-hydrogen) atoms. The topological polar surface area (TPSA) is 132 Å². The number of anilines is 1. The summed E-state index contributed by atoms with van der Waals surface area (Å²) in [6.45, 7) is 0. The average Bonchev–Trinajstić information content (AvgIpc) is 3.95. The zero-order valence-corrected chi connectivity index (χ0v) is 28.9. The third-order valence-electron chi connectivity index (χ3n) is 11.6. The summed E-state index contributed by atoms with van der Waals surface area (Å²) in [5.41, 5.74) is 15.1. The highest BCUT2D eigenvalue weighted by atomic mass is 35.5. The Kier molecular flexibility index (Phi) is 6.30. The Balaban J connectivity index is 0.000000133. The van der Waals surface area contributed by atoms with E-state index in [-0.39, 0.29) is 22.9 Å². The Morgan fingerprint density at radius 3 is 1.78 bits per heavy atom. The molecule has 0 bridgehead atoms. The van der Waals surface area contributed by atoms with E-state index in [1.54, 1.807) is 0 Å². The van der Waals surface area contributed by atoms with Gasteiger partial charge in [0, 0.05) is 84.7 Å². The van der Waals surface area contributed by atoms with Crippen LogP contribution in [0.1, 0.15) is 80.0 Å². The first kappa shape index (κ1) is 29.9. The fraction of sp³-hybridized carbons (Fsp3) is 0.359. The summed E-state index contributed by atoms with van der Waals surface area (Å²) in [4.78, 5) is 47.8. The second-order valence-electron chi connectivity index (χ2n) is 15.2. The van der Waals surface area contributed by atoms with Crippen molar-refractivity contribution < 1.29 is 9.59 Å². The number of pyridine rings is 3. The molecule has 2 fully saturated rings. The lowest BCUT2D eigenvalue weighted by atomic mass is 9.87. The lowest BCUT2D eigenvalue weighted by molar-refractivity contribution is 0.0908. The van der Waals surface area contributed by atoms with E-state index in [1.165, 1.54) is 22.3 Å². The fourth-order valence-corrected chi connectivity index (χ4v) is 8.69. The number of nitrogens with zero attached hydrogens (tertiary/aromatic N) is 4. The number of carbonyl (C=O) groups excluding carboxylic acids is 2. The molecule has 11 heteroatoms. The standard InChI is InChI=1S/C23H23N5O.C16H14ClN3O/c1-28(2)19-6-4-14(12-25-19)17-9-16-13(11-24-17)3-5-15-20-18(26-21(15)16)10-23(7-8-23)27-22(20)29;17-12-5-10-8(7-18-12)1-2-9-13-11(19-14(9)10)6-16(3-4-16)20-15(13)21/h4,6,9,11-12,26H,3,5,7-8,10H2,1-2H3,(H,27,29);5,7,19H,1-4,6H2,(H,20,21). The number of carbonyl (C=O) groups is 2. The van der Waals surface area contributed by atoms with Crippen LogP contribution in [-0.2, 0) is 38.5 Å². The second kappa shape index (κ2) is 10.5. The van der Waals surface area contributed by atoms with Crippen LogP contribution in [-0.4, -0.2) is 61.9 Å². The summed E-state index contributed by atoms with van der Waals surface area (Å²) >= 11 is 6.05. The number of aromatic nitrogens is 5. The van der Waals surface area contributed by atoms with Gasteiger partial charge in [0.15, 0.2) is 0 Å². The molecule has 0 radical (unpaired) electrons. The Bertz CT molecular complexity index is 2280. The minimum atomic E-state index is 0.0175. The zero-order valence-electron chi connectivity index (χ0n) is 28.1. The predicted octanol–water partition coefficient (Wildman–Crippen LogP) is 5.77. The molecule has 4 N–H and O–H groups in total. The molecule has 2 spiro atoms. The van der Waals surface area contributed by atoms with E-state index in [4.69, 9.17) is 16.6 Å². The van der Waals surface area contributed by atoms with Crippen molar-refractivity contribution in [2.75, 3.05) is 19.0 Å². The molecular formula is C39H37ClN8O2. The van der Waals surface area contributed by atoms with Gasteiger partial charge in [0.05, 0.1) is 28.2 Å². The highest BCUT2D eigenvalue weighted by Crippen LogP contribution is 2.47. The molecule has 0 unspecified atom stereocenters. The van der Waals surface area contributed by atoms with Gasteiger partial charge in [-0.3, -0.25) is 14.6 Å². The van der Waals surface area contributed by atoms with Crippen molar-refractivity contribution >= 4 is 29.2 Å². The van der Waals surface area contributed by atoms with Gasteiger partial charge in [-0.1, -0.05) is 11.6 Å². The highest BCUT2D eigenvalue weighted by Gasteiger charge is 2.50. The van der Waals surface area contributed by atoms with Gasteiger partial charge in [-0.05, 0) is 97.9 Å². The largest absolute Gasteiger partial charge is 0.363 e. The maximum Gasteiger partial charge on any atom is 0.253 e. The van der Waals surface area contributed by atoms with E-state index in [0.717, 1.165) is 126 Å². The van der Waals surface area contributed by atoms with E-state index in [1.807, 2.05) is 49.7 Å². The molecule has 0 aromatic carbocycles. The van der Waals surface area contributed by atoms with Crippen LogP contribution >= 0.6 is 11.6 Å². The molecule has 5 aromatic rings. The van der Waals surface area contributed by atoms with Gasteiger partial charge in [0.2, 0.25) is 0 Å². The van der Waals surface area contributed by atoms with E-state index in [2.05, 4.69) is 42.7 Å².